The molecule has 1 aromatic carbocycles. The molecule has 0 saturated heterocycles. The van der Waals surface area contributed by atoms with E-state index in [1.807, 2.05) is 31.3 Å². The van der Waals surface area contributed by atoms with Crippen molar-refractivity contribution in [3.63, 3.8) is 0 Å². The summed E-state index contributed by atoms with van der Waals surface area (Å²) in [6.45, 7) is 3.03. The second-order valence-corrected chi connectivity index (χ2v) is 5.35. The van der Waals surface area contributed by atoms with Gasteiger partial charge in [0, 0.05) is 12.6 Å². The molecule has 4 nitrogen and oxygen atoms in total. The van der Waals surface area contributed by atoms with E-state index in [-0.39, 0.29) is 12.5 Å². The minimum atomic E-state index is -0.0392. The number of hydrogen-bond donors (Lipinski definition) is 2. The summed E-state index contributed by atoms with van der Waals surface area (Å²) in [7, 11) is 1.96. The van der Waals surface area contributed by atoms with Gasteiger partial charge in [-0.1, -0.05) is 19.1 Å². The van der Waals surface area contributed by atoms with Crippen LogP contribution >= 0.6 is 0 Å². The lowest BCUT2D eigenvalue weighted by Crippen LogP contribution is -2.30. The van der Waals surface area contributed by atoms with Gasteiger partial charge in [-0.15, -0.1) is 0 Å². The van der Waals surface area contributed by atoms with Crippen LogP contribution in [-0.2, 0) is 4.79 Å². The molecule has 1 fully saturated rings. The molecule has 2 N–H and O–H groups in total. The molecule has 1 aromatic rings. The molecule has 1 unspecified atom stereocenters. The average Bonchev–Trinajstić information content (AvgIpc) is 3.30. The van der Waals surface area contributed by atoms with Crippen molar-refractivity contribution in [1.82, 2.24) is 10.6 Å². The van der Waals surface area contributed by atoms with E-state index >= 15 is 0 Å². The Morgan fingerprint density at radius 3 is 2.60 bits per heavy atom. The van der Waals surface area contributed by atoms with Crippen LogP contribution in [0.15, 0.2) is 24.3 Å². The highest BCUT2D eigenvalue weighted by molar-refractivity contribution is 5.77. The van der Waals surface area contributed by atoms with Crippen molar-refractivity contribution in [2.45, 2.75) is 32.2 Å². The number of ether oxygens (including phenoxy) is 1. The van der Waals surface area contributed by atoms with E-state index in [0.29, 0.717) is 12.0 Å². The Hall–Kier alpha value is -1.55. The van der Waals surface area contributed by atoms with Crippen molar-refractivity contribution in [3.8, 4) is 5.75 Å². The fraction of sp³-hybridized carbons (Fsp3) is 0.562. The molecule has 1 aliphatic carbocycles. The Bertz CT molecular complexity index is 423. The van der Waals surface area contributed by atoms with Crippen molar-refractivity contribution in [1.29, 1.82) is 0 Å². The Morgan fingerprint density at radius 2 is 2.05 bits per heavy atom. The molecule has 20 heavy (non-hydrogen) atoms. The van der Waals surface area contributed by atoms with Crippen LogP contribution in [0.25, 0.3) is 0 Å². The lowest BCUT2D eigenvalue weighted by molar-refractivity contribution is -0.123. The van der Waals surface area contributed by atoms with Gasteiger partial charge in [0.25, 0.3) is 5.91 Å². The summed E-state index contributed by atoms with van der Waals surface area (Å²) in [5.74, 6) is 1.40. The maximum atomic E-state index is 11.6. The molecule has 0 spiro atoms. The molecular weight excluding hydrogens is 252 g/mol. The molecule has 110 valence electrons. The summed E-state index contributed by atoms with van der Waals surface area (Å²) >= 11 is 0. The first kappa shape index (κ1) is 14.9. The molecule has 0 radical (unpaired) electrons. The highest BCUT2D eigenvalue weighted by atomic mass is 16.5. The molecule has 0 heterocycles. The third-order valence-corrected chi connectivity index (χ3v) is 3.69. The number of benzene rings is 1. The van der Waals surface area contributed by atoms with E-state index in [2.05, 4.69) is 17.6 Å². The number of carbonyl (C=O) groups is 1. The van der Waals surface area contributed by atoms with E-state index < -0.39 is 0 Å². The summed E-state index contributed by atoms with van der Waals surface area (Å²) < 4.78 is 5.49. The van der Waals surface area contributed by atoms with Crippen LogP contribution in [0.1, 0.15) is 37.8 Å². The highest BCUT2D eigenvalue weighted by Crippen LogP contribution is 2.27. The van der Waals surface area contributed by atoms with Gasteiger partial charge in [-0.2, -0.15) is 0 Å². The summed E-state index contributed by atoms with van der Waals surface area (Å²) in [5, 5.41) is 6.15. The molecule has 1 amide bonds. The van der Waals surface area contributed by atoms with E-state index in [0.717, 1.165) is 18.7 Å². The van der Waals surface area contributed by atoms with E-state index in [1.165, 1.54) is 18.4 Å². The van der Waals surface area contributed by atoms with Gasteiger partial charge in [0.2, 0.25) is 0 Å². The highest BCUT2D eigenvalue weighted by Gasteiger charge is 2.21. The summed E-state index contributed by atoms with van der Waals surface area (Å²) in [4.78, 5) is 11.6. The van der Waals surface area contributed by atoms with Crippen molar-refractivity contribution in [3.05, 3.63) is 29.8 Å². The molecule has 1 saturated carbocycles. The average molecular weight is 276 g/mol. The lowest BCUT2D eigenvalue weighted by Gasteiger charge is -2.14. The zero-order valence-corrected chi connectivity index (χ0v) is 12.3. The van der Waals surface area contributed by atoms with Crippen LogP contribution < -0.4 is 15.4 Å². The topological polar surface area (TPSA) is 50.4 Å². The molecule has 0 aliphatic heterocycles. The normalized spacial score (nSPS) is 15.7. The second-order valence-electron chi connectivity index (χ2n) is 5.35. The van der Waals surface area contributed by atoms with Crippen molar-refractivity contribution >= 4 is 5.91 Å². The van der Waals surface area contributed by atoms with Crippen LogP contribution in [-0.4, -0.2) is 26.1 Å². The monoisotopic (exact) mass is 276 g/mol. The van der Waals surface area contributed by atoms with Gasteiger partial charge in [-0.25, -0.2) is 0 Å². The predicted octanol–water partition coefficient (Wildman–Crippen LogP) is 2.26. The number of rotatable bonds is 8. The second kappa shape index (κ2) is 7.29. The van der Waals surface area contributed by atoms with Crippen molar-refractivity contribution in [2.24, 2.45) is 5.92 Å². The number of hydrogen-bond acceptors (Lipinski definition) is 3. The zero-order valence-electron chi connectivity index (χ0n) is 12.3. The first-order valence-corrected chi connectivity index (χ1v) is 7.39. The molecule has 0 bridgehead atoms. The maximum Gasteiger partial charge on any atom is 0.257 e. The number of nitrogens with one attached hydrogen (secondary N) is 2. The minimum Gasteiger partial charge on any atom is -0.484 e. The van der Waals surface area contributed by atoms with Gasteiger partial charge < -0.3 is 15.4 Å². The number of amides is 1. The van der Waals surface area contributed by atoms with E-state index in [1.54, 1.807) is 0 Å². The first-order chi connectivity index (χ1) is 9.72. The SMILES string of the molecule is CCC(NC)c1ccc(OCC(=O)NCC2CC2)cc1. The minimum absolute atomic E-state index is 0.0392. The van der Waals surface area contributed by atoms with Crippen molar-refractivity contribution < 1.29 is 9.53 Å². The molecule has 2 rings (SSSR count). The van der Waals surface area contributed by atoms with Crippen LogP contribution in [0, 0.1) is 5.92 Å². The molecule has 0 aromatic heterocycles. The van der Waals surface area contributed by atoms with Gasteiger partial charge in [0.05, 0.1) is 0 Å². The molecular formula is C16H24N2O2. The largest absolute Gasteiger partial charge is 0.484 e. The third-order valence-electron chi connectivity index (χ3n) is 3.69. The van der Waals surface area contributed by atoms with Crippen LogP contribution in [0.4, 0.5) is 0 Å². The smallest absolute Gasteiger partial charge is 0.257 e. The summed E-state index contributed by atoms with van der Waals surface area (Å²) in [6, 6.07) is 8.29. The van der Waals surface area contributed by atoms with Gasteiger partial charge in [-0.3, -0.25) is 4.79 Å². The number of carbonyl (C=O) groups excluding carboxylic acids is 1. The fourth-order valence-corrected chi connectivity index (χ4v) is 2.18. The van der Waals surface area contributed by atoms with Gasteiger partial charge in [-0.05, 0) is 49.9 Å². The standard InChI is InChI=1S/C16H24N2O2/c1-3-15(17-2)13-6-8-14(9-7-13)20-11-16(19)18-10-12-4-5-12/h6-9,12,15,17H,3-5,10-11H2,1-2H3,(H,18,19). The zero-order chi connectivity index (χ0) is 14.4. The summed E-state index contributed by atoms with van der Waals surface area (Å²) in [5.41, 5.74) is 1.24. The van der Waals surface area contributed by atoms with Crippen molar-refractivity contribution in [2.75, 3.05) is 20.2 Å². The fourth-order valence-electron chi connectivity index (χ4n) is 2.18. The quantitative estimate of drug-likeness (QED) is 0.766. The maximum absolute atomic E-state index is 11.6. The molecule has 1 atom stereocenters. The first-order valence-electron chi connectivity index (χ1n) is 7.39. The van der Waals surface area contributed by atoms with Gasteiger partial charge in [0.1, 0.15) is 5.75 Å². The van der Waals surface area contributed by atoms with Gasteiger partial charge >= 0.3 is 0 Å². The van der Waals surface area contributed by atoms with E-state index in [4.69, 9.17) is 4.74 Å². The van der Waals surface area contributed by atoms with Crippen LogP contribution in [0.5, 0.6) is 5.75 Å². The van der Waals surface area contributed by atoms with Crippen LogP contribution in [0.2, 0.25) is 0 Å². The van der Waals surface area contributed by atoms with E-state index in [9.17, 15) is 4.79 Å². The predicted molar refractivity (Wildman–Crippen MR) is 79.8 cm³/mol. The Kier molecular flexibility index (Phi) is 5.41. The van der Waals surface area contributed by atoms with Crippen LogP contribution in [0.3, 0.4) is 0 Å². The molecule has 4 heteroatoms. The Morgan fingerprint density at radius 1 is 1.35 bits per heavy atom. The van der Waals surface area contributed by atoms with Gasteiger partial charge in [0.15, 0.2) is 6.61 Å². The Labute approximate surface area is 120 Å². The Balaban J connectivity index is 1.76. The summed E-state index contributed by atoms with van der Waals surface area (Å²) in [6.07, 6.45) is 3.53. The molecule has 1 aliphatic rings. The third kappa shape index (κ3) is 4.53. The lowest BCUT2D eigenvalue weighted by atomic mass is 10.1.